The van der Waals surface area contributed by atoms with Crippen molar-refractivity contribution in [3.8, 4) is 0 Å². The molecule has 88 valence electrons. The smallest absolute Gasteiger partial charge is 0.206 e. The Hall–Kier alpha value is -2.24. The van der Waals surface area contributed by atoms with Crippen LogP contribution in [0.3, 0.4) is 0 Å². The Kier molecular flexibility index (Phi) is 3.13. The van der Waals surface area contributed by atoms with Gasteiger partial charge in [0.2, 0.25) is 5.78 Å². The summed E-state index contributed by atoms with van der Waals surface area (Å²) in [6, 6.07) is 1.60. The molecule has 2 aromatic rings. The lowest BCUT2D eigenvalue weighted by atomic mass is 10.3. The third-order valence-electron chi connectivity index (χ3n) is 2.21. The summed E-state index contributed by atoms with van der Waals surface area (Å²) in [7, 11) is 1.86. The molecule has 0 bridgehead atoms. The van der Waals surface area contributed by atoms with Crippen LogP contribution >= 0.6 is 0 Å². The number of ketones is 1. The molecule has 6 heteroatoms. The average molecular weight is 232 g/mol. The Morgan fingerprint density at radius 3 is 3.06 bits per heavy atom. The molecule has 0 amide bonds. The van der Waals surface area contributed by atoms with Crippen LogP contribution in [0.2, 0.25) is 0 Å². The van der Waals surface area contributed by atoms with Gasteiger partial charge >= 0.3 is 0 Å². The molecule has 2 heterocycles. The molecule has 0 atom stereocenters. The Balaban J connectivity index is 1.97. The second-order valence-corrected chi connectivity index (χ2v) is 3.61. The molecule has 0 fully saturated rings. The van der Waals surface area contributed by atoms with Gasteiger partial charge in [0, 0.05) is 25.5 Å². The predicted molar refractivity (Wildman–Crippen MR) is 61.2 cm³/mol. The summed E-state index contributed by atoms with van der Waals surface area (Å²) in [6.07, 6.45) is 5.04. The lowest BCUT2D eigenvalue weighted by Crippen LogP contribution is -2.04. The van der Waals surface area contributed by atoms with Gasteiger partial charge in [-0.3, -0.25) is 9.79 Å². The fourth-order valence-corrected chi connectivity index (χ4v) is 1.29. The maximum atomic E-state index is 11.6. The van der Waals surface area contributed by atoms with Gasteiger partial charge in [-0.25, -0.2) is 4.98 Å². The van der Waals surface area contributed by atoms with Crippen LogP contribution in [0.15, 0.2) is 28.0 Å². The fraction of sp³-hybridized carbons (Fsp3) is 0.273. The normalized spacial score (nSPS) is 11.2. The van der Waals surface area contributed by atoms with Gasteiger partial charge in [-0.1, -0.05) is 5.16 Å². The summed E-state index contributed by atoms with van der Waals surface area (Å²) in [5.41, 5.74) is 0.305. The first-order valence-corrected chi connectivity index (χ1v) is 5.10. The first-order valence-electron chi connectivity index (χ1n) is 5.10. The number of aromatic nitrogens is 3. The van der Waals surface area contributed by atoms with E-state index in [0.717, 1.165) is 0 Å². The van der Waals surface area contributed by atoms with E-state index in [0.29, 0.717) is 17.3 Å². The number of Topliss-reactive ketones (excluding diaryl/α,β-unsaturated/α-hetero) is 1. The van der Waals surface area contributed by atoms with Crippen LogP contribution in [-0.2, 0) is 7.05 Å². The Morgan fingerprint density at radius 2 is 2.47 bits per heavy atom. The highest BCUT2D eigenvalue weighted by Gasteiger charge is 2.09. The number of nitrogens with zero attached hydrogens (tertiary/aromatic N) is 4. The summed E-state index contributed by atoms with van der Waals surface area (Å²) in [4.78, 5) is 19.7. The number of rotatable bonds is 4. The van der Waals surface area contributed by atoms with Crippen molar-refractivity contribution < 1.29 is 9.32 Å². The predicted octanol–water partition coefficient (Wildman–Crippen LogP) is 1.02. The Bertz CT molecular complexity index is 553. The molecular formula is C11H12N4O2. The van der Waals surface area contributed by atoms with Crippen molar-refractivity contribution in [3.05, 3.63) is 35.7 Å². The number of carbonyl (C=O) groups is 1. The van der Waals surface area contributed by atoms with E-state index in [1.807, 2.05) is 17.8 Å². The second-order valence-electron chi connectivity index (χ2n) is 3.61. The monoisotopic (exact) mass is 232 g/mol. The highest BCUT2D eigenvalue weighted by Crippen LogP contribution is 2.02. The van der Waals surface area contributed by atoms with Crippen molar-refractivity contribution in [2.75, 3.05) is 6.54 Å². The van der Waals surface area contributed by atoms with E-state index in [1.54, 1.807) is 25.4 Å². The third-order valence-corrected chi connectivity index (χ3v) is 2.21. The molecule has 0 saturated heterocycles. The maximum Gasteiger partial charge on any atom is 0.206 e. The van der Waals surface area contributed by atoms with Gasteiger partial charge in [0.1, 0.15) is 18.1 Å². The van der Waals surface area contributed by atoms with Crippen molar-refractivity contribution in [2.24, 2.45) is 12.0 Å². The largest absolute Gasteiger partial charge is 0.361 e. The first-order chi connectivity index (χ1) is 8.16. The number of hydrogen-bond donors (Lipinski definition) is 0. The summed E-state index contributed by atoms with van der Waals surface area (Å²) in [5, 5.41) is 3.63. The number of aliphatic imine (C=N–C) groups is 1. The van der Waals surface area contributed by atoms with Gasteiger partial charge in [-0.05, 0) is 6.92 Å². The lowest BCUT2D eigenvalue weighted by molar-refractivity contribution is 0.0993. The van der Waals surface area contributed by atoms with E-state index in [-0.39, 0.29) is 12.3 Å². The van der Waals surface area contributed by atoms with Crippen LogP contribution in [0.5, 0.6) is 0 Å². The van der Waals surface area contributed by atoms with Crippen molar-refractivity contribution in [3.63, 3.8) is 0 Å². The molecule has 0 aliphatic carbocycles. The van der Waals surface area contributed by atoms with Crippen molar-refractivity contribution in [1.82, 2.24) is 14.7 Å². The topological polar surface area (TPSA) is 73.3 Å². The van der Waals surface area contributed by atoms with E-state index in [9.17, 15) is 4.79 Å². The zero-order valence-corrected chi connectivity index (χ0v) is 9.62. The van der Waals surface area contributed by atoms with E-state index in [2.05, 4.69) is 15.1 Å². The molecule has 0 aliphatic rings. The molecule has 0 spiro atoms. The van der Waals surface area contributed by atoms with E-state index < -0.39 is 0 Å². The van der Waals surface area contributed by atoms with Crippen LogP contribution in [0.4, 0.5) is 0 Å². The van der Waals surface area contributed by atoms with Crippen LogP contribution < -0.4 is 0 Å². The Morgan fingerprint density at radius 1 is 1.65 bits per heavy atom. The summed E-state index contributed by atoms with van der Waals surface area (Å²) < 4.78 is 6.63. The van der Waals surface area contributed by atoms with Gasteiger partial charge < -0.3 is 9.09 Å². The Labute approximate surface area is 98.0 Å². The van der Waals surface area contributed by atoms with E-state index >= 15 is 0 Å². The molecular weight excluding hydrogens is 220 g/mol. The highest BCUT2D eigenvalue weighted by molar-refractivity contribution is 5.96. The molecule has 0 aliphatic heterocycles. The molecule has 0 unspecified atom stereocenters. The number of aryl methyl sites for hydroxylation is 2. The molecule has 0 saturated carbocycles. The molecule has 17 heavy (non-hydrogen) atoms. The zero-order chi connectivity index (χ0) is 12.3. The number of imidazole rings is 1. The molecule has 0 aromatic carbocycles. The highest BCUT2D eigenvalue weighted by atomic mass is 16.5. The quantitative estimate of drug-likeness (QED) is 0.582. The van der Waals surface area contributed by atoms with Crippen molar-refractivity contribution in [1.29, 1.82) is 0 Å². The minimum absolute atomic E-state index is 0.0405. The first kappa shape index (κ1) is 11.3. The van der Waals surface area contributed by atoms with Gasteiger partial charge in [-0.15, -0.1) is 0 Å². The minimum atomic E-state index is -0.174. The van der Waals surface area contributed by atoms with Crippen molar-refractivity contribution >= 4 is 12.0 Å². The van der Waals surface area contributed by atoms with E-state index in [4.69, 9.17) is 4.52 Å². The second kappa shape index (κ2) is 4.73. The van der Waals surface area contributed by atoms with Crippen LogP contribution in [-0.4, -0.2) is 33.3 Å². The molecule has 6 nitrogen and oxygen atoms in total. The van der Waals surface area contributed by atoms with Gasteiger partial charge in [-0.2, -0.15) is 0 Å². The van der Waals surface area contributed by atoms with Crippen molar-refractivity contribution in [2.45, 2.75) is 6.92 Å². The number of hydrogen-bond acceptors (Lipinski definition) is 5. The van der Waals surface area contributed by atoms with Crippen LogP contribution in [0.1, 0.15) is 22.1 Å². The van der Waals surface area contributed by atoms with Gasteiger partial charge in [0.25, 0.3) is 0 Å². The number of carbonyl (C=O) groups excluding carboxylic acids is 1. The molecule has 0 radical (unpaired) electrons. The average Bonchev–Trinajstić information content (AvgIpc) is 2.88. The maximum absolute atomic E-state index is 11.6. The summed E-state index contributed by atoms with van der Waals surface area (Å²) in [5.74, 6) is 1.14. The molecule has 2 aromatic heterocycles. The standard InChI is InChI=1S/C11H12N4O2/c1-8-5-9(14-17-8)10(16)6-12-7-11-13-3-4-15(11)2/h3-5,7H,6H2,1-2H3. The van der Waals surface area contributed by atoms with Crippen LogP contribution in [0, 0.1) is 6.92 Å². The zero-order valence-electron chi connectivity index (χ0n) is 9.62. The summed E-state index contributed by atoms with van der Waals surface area (Å²) in [6.45, 7) is 1.78. The van der Waals surface area contributed by atoms with Gasteiger partial charge in [0.15, 0.2) is 5.69 Å². The molecule has 2 rings (SSSR count). The molecule has 0 N–H and O–H groups in total. The van der Waals surface area contributed by atoms with Crippen LogP contribution in [0.25, 0.3) is 0 Å². The third kappa shape index (κ3) is 2.66. The fourth-order valence-electron chi connectivity index (χ4n) is 1.29. The lowest BCUT2D eigenvalue weighted by Gasteiger charge is -1.93. The summed E-state index contributed by atoms with van der Waals surface area (Å²) >= 11 is 0. The minimum Gasteiger partial charge on any atom is -0.361 e. The van der Waals surface area contributed by atoms with E-state index in [1.165, 1.54) is 0 Å². The SMILES string of the molecule is Cc1cc(C(=O)CN=Cc2nccn2C)no1. The van der Waals surface area contributed by atoms with Gasteiger partial charge in [0.05, 0.1) is 6.21 Å².